The summed E-state index contributed by atoms with van der Waals surface area (Å²) in [5.74, 6) is 0.684. The number of thiocarbonyl (C=S) groups is 1. The molecule has 6 heteroatoms. The standard InChI is InChI=1S/C14H12BrClN2OS/c1-19-13-5-3-9(16)7-12(13)18-11-6-8(15)2-4-10(11)14(17)20/h2-7,18H,1H3,(H2,17,20). The van der Waals surface area contributed by atoms with Crippen molar-refractivity contribution in [1.82, 2.24) is 0 Å². The van der Waals surface area contributed by atoms with Crippen molar-refractivity contribution in [2.24, 2.45) is 5.73 Å². The highest BCUT2D eigenvalue weighted by Gasteiger charge is 2.10. The summed E-state index contributed by atoms with van der Waals surface area (Å²) < 4.78 is 6.22. The second kappa shape index (κ2) is 6.43. The predicted molar refractivity (Wildman–Crippen MR) is 91.3 cm³/mol. The maximum absolute atomic E-state index is 6.02. The smallest absolute Gasteiger partial charge is 0.142 e. The lowest BCUT2D eigenvalue weighted by atomic mass is 10.1. The number of hydrogen-bond donors (Lipinski definition) is 2. The van der Waals surface area contributed by atoms with E-state index in [1.807, 2.05) is 18.2 Å². The summed E-state index contributed by atoms with van der Waals surface area (Å²) in [4.78, 5) is 0.320. The number of ether oxygens (including phenoxy) is 1. The maximum Gasteiger partial charge on any atom is 0.142 e. The molecule has 3 N–H and O–H groups in total. The largest absolute Gasteiger partial charge is 0.495 e. The van der Waals surface area contributed by atoms with Crippen molar-refractivity contribution < 1.29 is 4.74 Å². The quantitative estimate of drug-likeness (QED) is 0.777. The number of methoxy groups -OCH3 is 1. The first-order valence-corrected chi connectivity index (χ1v) is 7.29. The number of halogens is 2. The second-order valence-corrected chi connectivity index (χ2v) is 5.82. The summed E-state index contributed by atoms with van der Waals surface area (Å²) in [5.41, 5.74) is 8.02. The molecule has 0 radical (unpaired) electrons. The van der Waals surface area contributed by atoms with Gasteiger partial charge in [-0.1, -0.05) is 39.7 Å². The van der Waals surface area contributed by atoms with Gasteiger partial charge in [-0.3, -0.25) is 0 Å². The average Bonchev–Trinajstić information content (AvgIpc) is 2.38. The van der Waals surface area contributed by atoms with E-state index >= 15 is 0 Å². The molecule has 3 nitrogen and oxygen atoms in total. The lowest BCUT2D eigenvalue weighted by Gasteiger charge is -2.14. The Labute approximate surface area is 136 Å². The molecule has 2 aromatic carbocycles. The molecule has 0 spiro atoms. The predicted octanol–water partition coefficient (Wildman–Crippen LogP) is 4.49. The van der Waals surface area contributed by atoms with E-state index in [9.17, 15) is 0 Å². The molecule has 0 aliphatic carbocycles. The number of anilines is 2. The molecule has 0 saturated heterocycles. The van der Waals surface area contributed by atoms with Crippen LogP contribution in [-0.4, -0.2) is 12.1 Å². The fourth-order valence-electron chi connectivity index (χ4n) is 1.76. The summed E-state index contributed by atoms with van der Waals surface area (Å²) in [6, 6.07) is 11.0. The van der Waals surface area contributed by atoms with Crippen LogP contribution < -0.4 is 15.8 Å². The van der Waals surface area contributed by atoms with Gasteiger partial charge >= 0.3 is 0 Å². The molecule has 0 atom stereocenters. The second-order valence-electron chi connectivity index (χ2n) is 4.02. The number of hydrogen-bond acceptors (Lipinski definition) is 3. The lowest BCUT2D eigenvalue weighted by molar-refractivity contribution is 0.417. The molecule has 0 amide bonds. The van der Waals surface area contributed by atoms with Crippen LogP contribution in [0.2, 0.25) is 5.02 Å². The molecule has 0 aromatic heterocycles. The molecule has 0 saturated carbocycles. The van der Waals surface area contributed by atoms with Crippen molar-refractivity contribution >= 4 is 56.1 Å². The van der Waals surface area contributed by atoms with E-state index in [0.717, 1.165) is 21.4 Å². The maximum atomic E-state index is 6.02. The minimum atomic E-state index is 0.320. The van der Waals surface area contributed by atoms with Crippen LogP contribution in [0.15, 0.2) is 40.9 Å². The normalized spacial score (nSPS) is 10.2. The Kier molecular flexibility index (Phi) is 4.86. The fraction of sp³-hybridized carbons (Fsp3) is 0.0714. The van der Waals surface area contributed by atoms with E-state index in [-0.39, 0.29) is 0 Å². The van der Waals surface area contributed by atoms with Gasteiger partial charge in [-0.05, 0) is 36.4 Å². The highest BCUT2D eigenvalue weighted by Crippen LogP contribution is 2.32. The minimum absolute atomic E-state index is 0.320. The van der Waals surface area contributed by atoms with Crippen LogP contribution in [-0.2, 0) is 0 Å². The fourth-order valence-corrected chi connectivity index (χ4v) is 2.47. The molecule has 0 aliphatic rings. The first-order chi connectivity index (χ1) is 9.51. The van der Waals surface area contributed by atoms with Gasteiger partial charge in [0, 0.05) is 20.7 Å². The number of nitrogens with one attached hydrogen (secondary N) is 1. The Morgan fingerprint density at radius 2 is 2.00 bits per heavy atom. The molecule has 2 rings (SSSR count). The van der Waals surface area contributed by atoms with E-state index in [0.29, 0.717) is 15.8 Å². The Bertz CT molecular complexity index is 664. The third kappa shape index (κ3) is 3.42. The number of benzene rings is 2. The zero-order valence-electron chi connectivity index (χ0n) is 10.6. The average molecular weight is 372 g/mol. The van der Waals surface area contributed by atoms with Crippen molar-refractivity contribution in [1.29, 1.82) is 0 Å². The first kappa shape index (κ1) is 15.1. The van der Waals surface area contributed by atoms with Crippen molar-refractivity contribution in [3.8, 4) is 5.75 Å². The van der Waals surface area contributed by atoms with Crippen LogP contribution in [0.4, 0.5) is 11.4 Å². The molecular weight excluding hydrogens is 360 g/mol. The highest BCUT2D eigenvalue weighted by molar-refractivity contribution is 9.10. The molecule has 0 bridgehead atoms. The third-order valence-electron chi connectivity index (χ3n) is 2.68. The van der Waals surface area contributed by atoms with Gasteiger partial charge in [0.05, 0.1) is 12.8 Å². The van der Waals surface area contributed by atoms with Crippen molar-refractivity contribution in [3.63, 3.8) is 0 Å². The Morgan fingerprint density at radius 3 is 2.65 bits per heavy atom. The van der Waals surface area contributed by atoms with Crippen molar-refractivity contribution in [2.75, 3.05) is 12.4 Å². The van der Waals surface area contributed by atoms with Gasteiger partial charge in [-0.25, -0.2) is 0 Å². The van der Waals surface area contributed by atoms with Gasteiger partial charge in [-0.15, -0.1) is 0 Å². The summed E-state index contributed by atoms with van der Waals surface area (Å²) in [6.45, 7) is 0. The van der Waals surface area contributed by atoms with E-state index in [1.165, 1.54) is 0 Å². The van der Waals surface area contributed by atoms with Crippen molar-refractivity contribution in [2.45, 2.75) is 0 Å². The zero-order chi connectivity index (χ0) is 14.7. The van der Waals surface area contributed by atoms with Gasteiger partial charge < -0.3 is 15.8 Å². The molecule has 104 valence electrons. The van der Waals surface area contributed by atoms with Gasteiger partial charge in [0.15, 0.2) is 0 Å². The number of nitrogens with two attached hydrogens (primary N) is 1. The van der Waals surface area contributed by atoms with E-state index in [4.69, 9.17) is 34.3 Å². The Balaban J connectivity index is 2.46. The van der Waals surface area contributed by atoms with Gasteiger partial charge in [0.25, 0.3) is 0 Å². The van der Waals surface area contributed by atoms with Gasteiger partial charge in [0.1, 0.15) is 10.7 Å². The highest BCUT2D eigenvalue weighted by atomic mass is 79.9. The topological polar surface area (TPSA) is 47.3 Å². The molecule has 0 aliphatic heterocycles. The van der Waals surface area contributed by atoms with Crippen LogP contribution in [0.3, 0.4) is 0 Å². The van der Waals surface area contributed by atoms with Crippen LogP contribution in [0.1, 0.15) is 5.56 Å². The van der Waals surface area contributed by atoms with E-state index in [1.54, 1.807) is 25.3 Å². The Hall–Kier alpha value is -1.30. The third-order valence-corrected chi connectivity index (χ3v) is 3.63. The summed E-state index contributed by atoms with van der Waals surface area (Å²) in [7, 11) is 1.60. The van der Waals surface area contributed by atoms with E-state index < -0.39 is 0 Å². The van der Waals surface area contributed by atoms with Crippen LogP contribution in [0.25, 0.3) is 0 Å². The number of rotatable bonds is 4. The Morgan fingerprint density at radius 1 is 1.25 bits per heavy atom. The molecule has 20 heavy (non-hydrogen) atoms. The summed E-state index contributed by atoms with van der Waals surface area (Å²) in [6.07, 6.45) is 0. The van der Waals surface area contributed by atoms with Crippen LogP contribution in [0, 0.1) is 0 Å². The summed E-state index contributed by atoms with van der Waals surface area (Å²) in [5, 5.41) is 3.86. The molecule has 2 aromatic rings. The van der Waals surface area contributed by atoms with E-state index in [2.05, 4.69) is 21.2 Å². The molecular formula is C14H12BrClN2OS. The zero-order valence-corrected chi connectivity index (χ0v) is 13.8. The first-order valence-electron chi connectivity index (χ1n) is 5.71. The molecule has 0 fully saturated rings. The van der Waals surface area contributed by atoms with Crippen LogP contribution >= 0.6 is 39.7 Å². The molecule has 0 heterocycles. The minimum Gasteiger partial charge on any atom is -0.495 e. The van der Waals surface area contributed by atoms with Gasteiger partial charge in [0.2, 0.25) is 0 Å². The van der Waals surface area contributed by atoms with Crippen LogP contribution in [0.5, 0.6) is 5.75 Å². The van der Waals surface area contributed by atoms with Crippen molar-refractivity contribution in [3.05, 3.63) is 51.5 Å². The monoisotopic (exact) mass is 370 g/mol. The van der Waals surface area contributed by atoms with Gasteiger partial charge in [-0.2, -0.15) is 0 Å². The summed E-state index contributed by atoms with van der Waals surface area (Å²) >= 11 is 14.5. The lowest BCUT2D eigenvalue weighted by Crippen LogP contribution is -2.12. The molecule has 0 unspecified atom stereocenters. The SMILES string of the molecule is COc1ccc(Cl)cc1Nc1cc(Br)ccc1C(N)=S.